The predicted molar refractivity (Wildman–Crippen MR) is 96.4 cm³/mol. The Morgan fingerprint density at radius 1 is 1.04 bits per heavy atom. The number of methoxy groups -OCH3 is 1. The molecule has 0 unspecified atom stereocenters. The van der Waals surface area contributed by atoms with Crippen LogP contribution in [0.4, 0.5) is 17.1 Å². The molecule has 0 aromatic heterocycles. The highest BCUT2D eigenvalue weighted by molar-refractivity contribution is 5.94. The van der Waals surface area contributed by atoms with Crippen molar-refractivity contribution in [3.63, 3.8) is 0 Å². The van der Waals surface area contributed by atoms with Gasteiger partial charge in [-0.2, -0.15) is 0 Å². The second-order valence-corrected chi connectivity index (χ2v) is 5.55. The first-order valence-electron chi connectivity index (χ1n) is 7.77. The minimum absolute atomic E-state index is 0.0280. The summed E-state index contributed by atoms with van der Waals surface area (Å²) in [5.41, 5.74) is -0.262. The summed E-state index contributed by atoms with van der Waals surface area (Å²) in [5, 5.41) is 24.6. The number of anilines is 1. The van der Waals surface area contributed by atoms with Crippen molar-refractivity contribution in [3.05, 3.63) is 67.8 Å². The van der Waals surface area contributed by atoms with Gasteiger partial charge in [0, 0.05) is 12.1 Å². The first-order valence-corrected chi connectivity index (χ1v) is 7.77. The lowest BCUT2D eigenvalue weighted by molar-refractivity contribution is -0.385. The number of esters is 1. The van der Waals surface area contributed by atoms with Crippen LogP contribution >= 0.6 is 0 Å². The number of nitro groups is 2. The fraction of sp³-hybridized carbons (Fsp3) is 0.176. The van der Waals surface area contributed by atoms with Crippen LogP contribution in [-0.4, -0.2) is 35.4 Å². The molecule has 11 nitrogen and oxygen atoms in total. The molecule has 0 aliphatic carbocycles. The fourth-order valence-electron chi connectivity index (χ4n) is 2.25. The predicted octanol–water partition coefficient (Wildman–Crippen LogP) is 2.62. The summed E-state index contributed by atoms with van der Waals surface area (Å²) in [6, 6.07) is 7.62. The topological polar surface area (TPSA) is 151 Å². The minimum atomic E-state index is -0.773. The van der Waals surface area contributed by atoms with Crippen molar-refractivity contribution in [1.29, 1.82) is 0 Å². The molecule has 0 saturated heterocycles. The van der Waals surface area contributed by atoms with E-state index in [1.54, 1.807) is 13.0 Å². The van der Waals surface area contributed by atoms with Crippen LogP contribution in [0.5, 0.6) is 5.75 Å². The maximum Gasteiger partial charge on any atom is 0.338 e. The third kappa shape index (κ3) is 4.78. The molecule has 0 spiro atoms. The molecule has 11 heteroatoms. The molecule has 28 heavy (non-hydrogen) atoms. The maximum absolute atomic E-state index is 12.0. The number of ether oxygens (including phenoxy) is 2. The summed E-state index contributed by atoms with van der Waals surface area (Å²) in [6.45, 7) is 1.03. The molecular weight excluding hydrogens is 374 g/mol. The van der Waals surface area contributed by atoms with Gasteiger partial charge in [0.25, 0.3) is 11.6 Å². The number of nitrogens with zero attached hydrogens (tertiary/aromatic N) is 2. The van der Waals surface area contributed by atoms with Gasteiger partial charge in [0.2, 0.25) is 0 Å². The molecule has 0 aliphatic rings. The lowest BCUT2D eigenvalue weighted by Gasteiger charge is -2.09. The molecule has 146 valence electrons. The summed E-state index contributed by atoms with van der Waals surface area (Å²) < 4.78 is 9.64. The van der Waals surface area contributed by atoms with Gasteiger partial charge in [-0.15, -0.1) is 0 Å². The van der Waals surface area contributed by atoms with Gasteiger partial charge in [-0.3, -0.25) is 25.0 Å². The molecule has 2 aromatic carbocycles. The summed E-state index contributed by atoms with van der Waals surface area (Å²) in [4.78, 5) is 44.4. The first-order chi connectivity index (χ1) is 13.2. The number of carbonyl (C=O) groups excluding carboxylic acids is 2. The van der Waals surface area contributed by atoms with Gasteiger partial charge in [-0.05, 0) is 30.7 Å². The lowest BCUT2D eigenvalue weighted by atomic mass is 10.2. The Morgan fingerprint density at radius 3 is 2.32 bits per heavy atom. The smallest absolute Gasteiger partial charge is 0.338 e. The van der Waals surface area contributed by atoms with Crippen LogP contribution < -0.4 is 10.1 Å². The number of amides is 1. The van der Waals surface area contributed by atoms with Gasteiger partial charge in [0.05, 0.1) is 22.5 Å². The maximum atomic E-state index is 12.0. The molecule has 0 radical (unpaired) electrons. The van der Waals surface area contributed by atoms with Crippen molar-refractivity contribution in [2.45, 2.75) is 6.92 Å². The molecule has 0 heterocycles. The molecule has 2 aromatic rings. The molecule has 0 saturated carbocycles. The number of benzene rings is 2. The quantitative estimate of drug-likeness (QED) is 0.431. The number of nitro benzene ring substituents is 2. The van der Waals surface area contributed by atoms with Crippen molar-refractivity contribution >= 4 is 28.9 Å². The Morgan fingerprint density at radius 2 is 1.71 bits per heavy atom. The highest BCUT2D eigenvalue weighted by Crippen LogP contribution is 2.29. The number of carbonyl (C=O) groups is 2. The summed E-state index contributed by atoms with van der Waals surface area (Å²) >= 11 is 0. The van der Waals surface area contributed by atoms with Gasteiger partial charge in [-0.25, -0.2) is 4.79 Å². The van der Waals surface area contributed by atoms with Crippen LogP contribution in [0.15, 0.2) is 36.4 Å². The SMILES string of the molecule is COC(=O)c1ccc(OCC(=O)Nc2ccc(C)cc2[N+](=O)[O-])c([N+](=O)[O-])c1. The third-order valence-corrected chi connectivity index (χ3v) is 3.56. The number of aryl methyl sites for hydroxylation is 1. The van der Waals surface area contributed by atoms with E-state index in [1.165, 1.54) is 18.2 Å². The highest BCUT2D eigenvalue weighted by Gasteiger charge is 2.21. The fourth-order valence-corrected chi connectivity index (χ4v) is 2.25. The van der Waals surface area contributed by atoms with Crippen molar-refractivity contribution in [1.82, 2.24) is 0 Å². The normalized spacial score (nSPS) is 10.1. The minimum Gasteiger partial charge on any atom is -0.477 e. The van der Waals surface area contributed by atoms with Gasteiger partial charge in [-0.1, -0.05) is 6.07 Å². The zero-order valence-electron chi connectivity index (χ0n) is 14.8. The van der Waals surface area contributed by atoms with Crippen molar-refractivity contribution in [2.24, 2.45) is 0 Å². The van der Waals surface area contributed by atoms with Gasteiger partial charge < -0.3 is 14.8 Å². The van der Waals surface area contributed by atoms with E-state index in [9.17, 15) is 29.8 Å². The van der Waals surface area contributed by atoms with E-state index in [1.807, 2.05) is 0 Å². The Labute approximate surface area is 158 Å². The monoisotopic (exact) mass is 389 g/mol. The van der Waals surface area contributed by atoms with Crippen LogP contribution in [-0.2, 0) is 9.53 Å². The summed E-state index contributed by atoms with van der Waals surface area (Å²) in [7, 11) is 1.13. The molecule has 0 atom stereocenters. The van der Waals surface area contributed by atoms with E-state index < -0.39 is 34.0 Å². The molecule has 0 fully saturated rings. The van der Waals surface area contributed by atoms with Crippen LogP contribution in [0.3, 0.4) is 0 Å². The average Bonchev–Trinajstić information content (AvgIpc) is 2.66. The standard InChI is InChI=1S/C17H15N3O8/c1-10-3-5-12(13(7-10)19(23)24)18-16(21)9-28-15-6-4-11(17(22)27-2)8-14(15)20(25)26/h3-8H,9H2,1-2H3,(H,18,21). The second kappa shape index (κ2) is 8.58. The van der Waals surface area contributed by atoms with E-state index in [2.05, 4.69) is 10.1 Å². The second-order valence-electron chi connectivity index (χ2n) is 5.55. The molecular formula is C17H15N3O8. The molecule has 1 amide bonds. The Kier molecular flexibility index (Phi) is 6.22. The number of nitrogens with one attached hydrogen (secondary N) is 1. The zero-order valence-corrected chi connectivity index (χ0v) is 14.8. The number of hydrogen-bond acceptors (Lipinski definition) is 8. The van der Waals surface area contributed by atoms with Gasteiger partial charge in [0.1, 0.15) is 5.69 Å². The van der Waals surface area contributed by atoms with Crippen LogP contribution in [0.2, 0.25) is 0 Å². The van der Waals surface area contributed by atoms with E-state index >= 15 is 0 Å². The van der Waals surface area contributed by atoms with Crippen LogP contribution in [0.1, 0.15) is 15.9 Å². The van der Waals surface area contributed by atoms with E-state index in [-0.39, 0.29) is 22.7 Å². The summed E-state index contributed by atoms with van der Waals surface area (Å²) in [5.74, 6) is -1.76. The Hall–Kier alpha value is -4.02. The van der Waals surface area contributed by atoms with E-state index in [0.717, 1.165) is 19.2 Å². The Bertz CT molecular complexity index is 957. The number of rotatable bonds is 7. The first kappa shape index (κ1) is 20.3. The average molecular weight is 389 g/mol. The van der Waals surface area contributed by atoms with E-state index in [4.69, 9.17) is 4.74 Å². The largest absolute Gasteiger partial charge is 0.477 e. The number of hydrogen-bond donors (Lipinski definition) is 1. The zero-order chi connectivity index (χ0) is 20.8. The Balaban J connectivity index is 2.14. The molecule has 0 aliphatic heterocycles. The molecule has 1 N–H and O–H groups in total. The van der Waals surface area contributed by atoms with Crippen LogP contribution in [0.25, 0.3) is 0 Å². The van der Waals surface area contributed by atoms with Crippen molar-refractivity contribution in [3.8, 4) is 5.75 Å². The molecule has 2 rings (SSSR count). The van der Waals surface area contributed by atoms with Crippen molar-refractivity contribution in [2.75, 3.05) is 19.0 Å². The highest BCUT2D eigenvalue weighted by atomic mass is 16.6. The lowest BCUT2D eigenvalue weighted by Crippen LogP contribution is -2.21. The van der Waals surface area contributed by atoms with Gasteiger partial charge >= 0.3 is 11.7 Å². The molecule has 0 bridgehead atoms. The summed E-state index contributed by atoms with van der Waals surface area (Å²) in [6.07, 6.45) is 0. The van der Waals surface area contributed by atoms with Crippen LogP contribution in [0, 0.1) is 27.2 Å². The van der Waals surface area contributed by atoms with Gasteiger partial charge in [0.15, 0.2) is 12.4 Å². The van der Waals surface area contributed by atoms with E-state index in [0.29, 0.717) is 5.56 Å². The van der Waals surface area contributed by atoms with Crippen molar-refractivity contribution < 1.29 is 28.9 Å². The third-order valence-electron chi connectivity index (χ3n) is 3.56.